The van der Waals surface area contributed by atoms with Crippen LogP contribution in [-0.4, -0.2) is 23.3 Å². The van der Waals surface area contributed by atoms with E-state index in [-0.39, 0.29) is 5.91 Å². The molecule has 0 aliphatic carbocycles. The minimum absolute atomic E-state index is 0.204. The van der Waals surface area contributed by atoms with Crippen LogP contribution in [0, 0.1) is 18.3 Å². The van der Waals surface area contributed by atoms with Crippen molar-refractivity contribution in [3.8, 4) is 34.2 Å². The highest BCUT2D eigenvalue weighted by Gasteiger charge is 2.24. The average Bonchev–Trinajstić information content (AvgIpc) is 2.93. The molecule has 4 aromatic rings. The molecule has 1 atom stereocenters. The maximum Gasteiger partial charge on any atom is 0.238 e. The summed E-state index contributed by atoms with van der Waals surface area (Å²) in [5.74, 6) is 0.279. The van der Waals surface area contributed by atoms with Gasteiger partial charge in [0.2, 0.25) is 5.91 Å². The number of halogens is 1. The molecule has 1 heterocycles. The topological polar surface area (TPSA) is 75.0 Å². The highest BCUT2D eigenvalue weighted by molar-refractivity contribution is 8.00. The zero-order valence-corrected chi connectivity index (χ0v) is 22.4. The van der Waals surface area contributed by atoms with E-state index in [9.17, 15) is 10.1 Å². The maximum absolute atomic E-state index is 13.4. The van der Waals surface area contributed by atoms with E-state index >= 15 is 0 Å². The van der Waals surface area contributed by atoms with Crippen molar-refractivity contribution in [1.82, 2.24) is 4.98 Å². The lowest BCUT2D eigenvalue weighted by Gasteiger charge is -2.19. The number of nitrogens with one attached hydrogen (secondary N) is 1. The predicted molar refractivity (Wildman–Crippen MR) is 151 cm³/mol. The Balaban J connectivity index is 1.74. The number of nitriles is 1. The number of amides is 1. The van der Waals surface area contributed by atoms with Crippen LogP contribution in [0.3, 0.4) is 0 Å². The molecule has 0 spiro atoms. The number of aromatic nitrogens is 1. The Labute approximate surface area is 226 Å². The van der Waals surface area contributed by atoms with Gasteiger partial charge in [-0.2, -0.15) is 5.26 Å². The van der Waals surface area contributed by atoms with Gasteiger partial charge in [-0.15, -0.1) is 0 Å². The number of hydrogen-bond acceptors (Lipinski definition) is 5. The average molecular weight is 528 g/mol. The third kappa shape index (κ3) is 5.96. The van der Waals surface area contributed by atoms with E-state index < -0.39 is 5.25 Å². The smallest absolute Gasteiger partial charge is 0.238 e. The van der Waals surface area contributed by atoms with Crippen LogP contribution in [0.15, 0.2) is 83.9 Å². The summed E-state index contributed by atoms with van der Waals surface area (Å²) < 4.78 is 5.42. The van der Waals surface area contributed by atoms with Crippen LogP contribution in [-0.2, 0) is 4.79 Å². The summed E-state index contributed by atoms with van der Waals surface area (Å²) in [6, 6.07) is 27.3. The number of rotatable bonds is 8. The number of benzene rings is 3. The molecule has 1 amide bonds. The van der Waals surface area contributed by atoms with E-state index in [0.717, 1.165) is 27.9 Å². The molecule has 5 nitrogen and oxygen atoms in total. The number of aryl methyl sites for hydroxylation is 1. The lowest BCUT2D eigenvalue weighted by Crippen LogP contribution is -2.25. The van der Waals surface area contributed by atoms with Crippen molar-refractivity contribution in [2.24, 2.45) is 0 Å². The molecule has 37 heavy (non-hydrogen) atoms. The lowest BCUT2D eigenvalue weighted by molar-refractivity contribution is -0.115. The van der Waals surface area contributed by atoms with Crippen molar-refractivity contribution in [3.05, 3.63) is 95.0 Å². The van der Waals surface area contributed by atoms with Gasteiger partial charge in [0.25, 0.3) is 0 Å². The van der Waals surface area contributed by atoms with E-state index in [1.165, 1.54) is 18.9 Å². The third-order valence-corrected chi connectivity index (χ3v) is 7.67. The first-order valence-electron chi connectivity index (χ1n) is 11.8. The van der Waals surface area contributed by atoms with Crippen LogP contribution in [0.5, 0.6) is 5.75 Å². The van der Waals surface area contributed by atoms with Gasteiger partial charge in [-0.3, -0.25) is 4.79 Å². The Kier molecular flexibility index (Phi) is 8.50. The molecular weight excluding hydrogens is 502 g/mol. The second kappa shape index (κ2) is 12.0. The van der Waals surface area contributed by atoms with Crippen LogP contribution in [0.25, 0.3) is 22.4 Å². The molecular formula is C30H26ClN3O2S. The highest BCUT2D eigenvalue weighted by Crippen LogP contribution is 2.37. The molecule has 1 aromatic heterocycles. The van der Waals surface area contributed by atoms with E-state index in [2.05, 4.69) is 11.4 Å². The van der Waals surface area contributed by atoms with Crippen LogP contribution in [0.4, 0.5) is 5.69 Å². The van der Waals surface area contributed by atoms with Crippen molar-refractivity contribution in [2.45, 2.75) is 30.5 Å². The molecule has 186 valence electrons. The molecule has 0 aliphatic heterocycles. The molecule has 1 unspecified atom stereocenters. The minimum atomic E-state index is -0.491. The zero-order valence-electron chi connectivity index (χ0n) is 20.8. The van der Waals surface area contributed by atoms with Gasteiger partial charge in [-0.25, -0.2) is 4.98 Å². The van der Waals surface area contributed by atoms with Gasteiger partial charge in [-0.1, -0.05) is 91.0 Å². The highest BCUT2D eigenvalue weighted by atomic mass is 35.5. The van der Waals surface area contributed by atoms with E-state index in [4.69, 9.17) is 21.3 Å². The quantitative estimate of drug-likeness (QED) is 0.237. The lowest BCUT2D eigenvalue weighted by atomic mass is 9.99. The largest absolute Gasteiger partial charge is 0.495 e. The Bertz CT molecular complexity index is 1450. The number of carbonyl (C=O) groups excluding carboxylic acids is 1. The minimum Gasteiger partial charge on any atom is -0.495 e. The summed E-state index contributed by atoms with van der Waals surface area (Å²) in [6.45, 7) is 3.81. The number of anilines is 1. The molecule has 0 aliphatic rings. The number of methoxy groups -OCH3 is 1. The Morgan fingerprint density at radius 3 is 2.32 bits per heavy atom. The van der Waals surface area contributed by atoms with E-state index in [1.54, 1.807) is 12.1 Å². The molecule has 4 rings (SSSR count). The zero-order chi connectivity index (χ0) is 26.4. The van der Waals surface area contributed by atoms with Gasteiger partial charge in [0.1, 0.15) is 16.8 Å². The predicted octanol–water partition coefficient (Wildman–Crippen LogP) is 7.77. The second-order valence-corrected chi connectivity index (χ2v) is 9.98. The summed E-state index contributed by atoms with van der Waals surface area (Å²) in [5, 5.41) is 13.7. The number of ether oxygens (including phenoxy) is 1. The number of nitrogens with zero attached hydrogens (tertiary/aromatic N) is 2. The molecule has 0 bridgehead atoms. The van der Waals surface area contributed by atoms with Gasteiger partial charge in [0, 0.05) is 22.2 Å². The SMILES string of the molecule is CCC(Sc1nc(-c2ccccc2)cc(-c2ccccc2)c1C#N)C(=O)Nc1cc(C)c(Cl)cc1OC. The van der Waals surface area contributed by atoms with Crippen LogP contribution >= 0.6 is 23.4 Å². The van der Waals surface area contributed by atoms with Gasteiger partial charge in [0.15, 0.2) is 0 Å². The third-order valence-electron chi connectivity index (χ3n) is 5.91. The Hall–Kier alpha value is -3.79. The van der Waals surface area contributed by atoms with Gasteiger partial charge in [-0.05, 0) is 36.6 Å². The summed E-state index contributed by atoms with van der Waals surface area (Å²) in [5.41, 5.74) is 5.20. The molecule has 0 radical (unpaired) electrons. The first kappa shape index (κ1) is 26.3. The number of thioether (sulfide) groups is 1. The molecule has 3 aromatic carbocycles. The normalized spacial score (nSPS) is 11.4. The Morgan fingerprint density at radius 2 is 1.73 bits per heavy atom. The Morgan fingerprint density at radius 1 is 1.08 bits per heavy atom. The van der Waals surface area contributed by atoms with Crippen molar-refractivity contribution in [1.29, 1.82) is 5.26 Å². The summed E-state index contributed by atoms with van der Waals surface area (Å²) >= 11 is 7.52. The van der Waals surface area contributed by atoms with Crippen LogP contribution < -0.4 is 10.1 Å². The summed E-state index contributed by atoms with van der Waals surface area (Å²) in [4.78, 5) is 18.2. The first-order valence-corrected chi connectivity index (χ1v) is 13.1. The molecule has 1 N–H and O–H groups in total. The molecule has 7 heteroatoms. The van der Waals surface area contributed by atoms with E-state index in [1.807, 2.05) is 80.6 Å². The standard InChI is InChI=1S/C30H26ClN3O2S/c1-4-28(29(35)33-26-15-19(2)24(31)17-27(26)36-3)37-30-23(18-32)22(20-11-7-5-8-12-20)16-25(34-30)21-13-9-6-10-14-21/h5-17,28H,4H2,1-3H3,(H,33,35). The fourth-order valence-corrected chi connectivity index (χ4v) is 5.10. The first-order chi connectivity index (χ1) is 17.9. The molecule has 0 fully saturated rings. The summed E-state index contributed by atoms with van der Waals surface area (Å²) in [7, 11) is 1.53. The van der Waals surface area contributed by atoms with Crippen LogP contribution in [0.2, 0.25) is 5.02 Å². The summed E-state index contributed by atoms with van der Waals surface area (Å²) in [6.07, 6.45) is 0.536. The second-order valence-electron chi connectivity index (χ2n) is 8.38. The monoisotopic (exact) mass is 527 g/mol. The number of carbonyl (C=O) groups is 1. The van der Waals surface area contributed by atoms with Gasteiger partial charge in [0.05, 0.1) is 29.3 Å². The number of pyridine rings is 1. The van der Waals surface area contributed by atoms with Crippen molar-refractivity contribution < 1.29 is 9.53 Å². The fraction of sp³-hybridized carbons (Fsp3) is 0.167. The van der Waals surface area contributed by atoms with Crippen molar-refractivity contribution >= 4 is 35.0 Å². The van der Waals surface area contributed by atoms with Crippen molar-refractivity contribution in [3.63, 3.8) is 0 Å². The number of hydrogen-bond donors (Lipinski definition) is 1. The fourth-order valence-electron chi connectivity index (χ4n) is 3.92. The van der Waals surface area contributed by atoms with Crippen molar-refractivity contribution in [2.75, 3.05) is 12.4 Å². The van der Waals surface area contributed by atoms with E-state index in [0.29, 0.717) is 33.5 Å². The van der Waals surface area contributed by atoms with Crippen LogP contribution in [0.1, 0.15) is 24.5 Å². The van der Waals surface area contributed by atoms with Gasteiger partial charge < -0.3 is 10.1 Å². The van der Waals surface area contributed by atoms with Gasteiger partial charge >= 0.3 is 0 Å². The molecule has 0 saturated carbocycles. The molecule has 0 saturated heterocycles. The maximum atomic E-state index is 13.4.